The number of hydrogen-bond acceptors (Lipinski definition) is 9. The van der Waals surface area contributed by atoms with Gasteiger partial charge in [-0.3, -0.25) is 10.2 Å². The molecule has 34 heavy (non-hydrogen) atoms. The van der Waals surface area contributed by atoms with Crippen LogP contribution in [0.2, 0.25) is 0 Å². The highest BCUT2D eigenvalue weighted by atomic mass is 32.1. The van der Waals surface area contributed by atoms with Crippen molar-refractivity contribution in [3.8, 4) is 5.75 Å². The number of aliphatic carboxylic acids is 1. The number of anilines is 1. The minimum atomic E-state index is -5.08. The summed E-state index contributed by atoms with van der Waals surface area (Å²) >= 11 is 1.17. The third-order valence-corrected chi connectivity index (χ3v) is 5.10. The molecule has 0 unspecified atom stereocenters. The van der Waals surface area contributed by atoms with Gasteiger partial charge >= 0.3 is 24.1 Å². The van der Waals surface area contributed by atoms with Crippen LogP contribution in [-0.2, 0) is 14.3 Å². The van der Waals surface area contributed by atoms with E-state index >= 15 is 0 Å². The maximum absolute atomic E-state index is 12.3. The average Bonchev–Trinajstić information content (AvgIpc) is 3.23. The fraction of sp³-hybridized carbons (Fsp3) is 0.350. The predicted molar refractivity (Wildman–Crippen MR) is 117 cm³/mol. The molecule has 1 aromatic heterocycles. The van der Waals surface area contributed by atoms with E-state index in [1.165, 1.54) is 24.6 Å². The molecule has 0 aliphatic rings. The van der Waals surface area contributed by atoms with Crippen molar-refractivity contribution in [2.45, 2.75) is 20.0 Å². The number of aromatic nitrogens is 1. The number of ether oxygens (including phenoxy) is 2. The molecule has 0 atom stereocenters. The summed E-state index contributed by atoms with van der Waals surface area (Å²) in [6, 6.07) is 6.35. The number of carboxylic acids is 1. The number of hydrogen-bond donors (Lipinski definition) is 3. The number of esters is 2. The van der Waals surface area contributed by atoms with Crippen molar-refractivity contribution in [1.29, 1.82) is 5.41 Å². The molecule has 4 N–H and O–H groups in total. The van der Waals surface area contributed by atoms with E-state index in [1.807, 2.05) is 0 Å². The third kappa shape index (κ3) is 8.35. The second-order valence-electron chi connectivity index (χ2n) is 7.37. The Morgan fingerprint density at radius 2 is 1.74 bits per heavy atom. The van der Waals surface area contributed by atoms with Gasteiger partial charge in [-0.05, 0) is 38.1 Å². The quantitative estimate of drug-likeness (QED) is 0.223. The van der Waals surface area contributed by atoms with Gasteiger partial charge in [0, 0.05) is 19.2 Å². The zero-order valence-corrected chi connectivity index (χ0v) is 19.4. The first-order valence-electron chi connectivity index (χ1n) is 9.30. The fourth-order valence-electron chi connectivity index (χ4n) is 2.40. The number of halogens is 3. The van der Waals surface area contributed by atoms with Crippen molar-refractivity contribution in [3.63, 3.8) is 0 Å². The number of nitrogens with one attached hydrogen (secondary N) is 1. The molecule has 1 aromatic carbocycles. The van der Waals surface area contributed by atoms with Crippen LogP contribution in [0.15, 0.2) is 30.5 Å². The van der Waals surface area contributed by atoms with Crippen molar-refractivity contribution in [1.82, 2.24) is 4.98 Å². The molecule has 0 aliphatic carbocycles. The van der Waals surface area contributed by atoms with E-state index in [0.717, 1.165) is 0 Å². The minimum absolute atomic E-state index is 0.0575. The van der Waals surface area contributed by atoms with E-state index in [-0.39, 0.29) is 11.8 Å². The van der Waals surface area contributed by atoms with Gasteiger partial charge in [0.05, 0.1) is 18.7 Å². The van der Waals surface area contributed by atoms with Crippen LogP contribution >= 0.6 is 11.3 Å². The van der Waals surface area contributed by atoms with Gasteiger partial charge < -0.3 is 25.2 Å². The molecule has 2 rings (SSSR count). The summed E-state index contributed by atoms with van der Waals surface area (Å²) in [6.07, 6.45) is -3.64. The highest BCUT2D eigenvalue weighted by Gasteiger charge is 2.38. The van der Waals surface area contributed by atoms with E-state index in [0.29, 0.717) is 27.9 Å². The Balaban J connectivity index is 0.000000718. The van der Waals surface area contributed by atoms with Crippen LogP contribution in [0, 0.1) is 10.8 Å². The van der Waals surface area contributed by atoms with Crippen LogP contribution in [0.1, 0.15) is 29.1 Å². The van der Waals surface area contributed by atoms with Crippen LogP contribution < -0.4 is 15.4 Å². The van der Waals surface area contributed by atoms with Crippen LogP contribution in [-0.4, -0.2) is 60.7 Å². The lowest BCUT2D eigenvalue weighted by molar-refractivity contribution is -0.192. The largest absolute Gasteiger partial charge is 0.490 e. The Labute approximate surface area is 196 Å². The molecule has 0 saturated carbocycles. The number of methoxy groups -OCH3 is 1. The molecule has 0 saturated heterocycles. The number of carbonyl (C=O) groups is 3. The molecule has 186 valence electrons. The zero-order valence-electron chi connectivity index (χ0n) is 18.6. The van der Waals surface area contributed by atoms with Crippen LogP contribution in [0.3, 0.4) is 0 Å². The average molecular weight is 504 g/mol. The van der Waals surface area contributed by atoms with Crippen LogP contribution in [0.25, 0.3) is 0 Å². The first kappa shape index (κ1) is 28.4. The highest BCUT2D eigenvalue weighted by Crippen LogP contribution is 2.27. The Kier molecular flexibility index (Phi) is 9.55. The number of rotatable bonds is 7. The number of benzene rings is 1. The van der Waals surface area contributed by atoms with Gasteiger partial charge in [0.1, 0.15) is 16.5 Å². The fourth-order valence-corrected chi connectivity index (χ4v) is 3.15. The molecular formula is C20H23F3N4O6S. The van der Waals surface area contributed by atoms with Crippen molar-refractivity contribution >= 4 is 40.2 Å². The van der Waals surface area contributed by atoms with Crippen molar-refractivity contribution < 1.29 is 42.1 Å². The number of carboxylic acid groups (broad SMARTS) is 1. The molecule has 0 fully saturated rings. The second kappa shape index (κ2) is 11.4. The van der Waals surface area contributed by atoms with Gasteiger partial charge in [-0.1, -0.05) is 11.3 Å². The van der Waals surface area contributed by atoms with Gasteiger partial charge in [0.2, 0.25) is 0 Å². The Hall–Kier alpha value is -3.68. The number of nitrogens with zero attached hydrogens (tertiary/aromatic N) is 2. The minimum Gasteiger partial charge on any atom is -0.475 e. The van der Waals surface area contributed by atoms with Crippen molar-refractivity contribution in [2.75, 3.05) is 25.6 Å². The maximum atomic E-state index is 12.3. The standard InChI is InChI=1S/C18H22N4O4S.C2HF3O2/c1-18(2,16(24)25-4)10-22(3)17-21-9-13(27-17)15(23)26-12-7-5-11(6-8-12)14(19)20;3-2(4,5)1(6)7/h5-9H,10H2,1-4H3,(H3,19,20);(H,6,7). The number of carbonyl (C=O) groups excluding carboxylic acids is 2. The van der Waals surface area contributed by atoms with Gasteiger partial charge in [-0.25, -0.2) is 14.6 Å². The molecule has 0 aliphatic heterocycles. The number of nitrogen functional groups attached to an aromatic ring is 1. The maximum Gasteiger partial charge on any atom is 0.490 e. The predicted octanol–water partition coefficient (Wildman–Crippen LogP) is 2.92. The SMILES string of the molecule is COC(=O)C(C)(C)CN(C)c1ncc(C(=O)Oc2ccc(C(=N)N)cc2)s1.O=C(O)C(F)(F)F. The zero-order chi connectivity index (χ0) is 26.3. The topological polar surface area (TPSA) is 156 Å². The molecule has 14 heteroatoms. The molecule has 1 heterocycles. The lowest BCUT2D eigenvalue weighted by Crippen LogP contribution is -2.38. The van der Waals surface area contributed by atoms with Gasteiger partial charge in [-0.2, -0.15) is 13.2 Å². The normalized spacial score (nSPS) is 11.0. The first-order chi connectivity index (χ1) is 15.6. The lowest BCUT2D eigenvalue weighted by atomic mass is 9.93. The highest BCUT2D eigenvalue weighted by molar-refractivity contribution is 7.17. The summed E-state index contributed by atoms with van der Waals surface area (Å²) in [5, 5.41) is 15.1. The summed E-state index contributed by atoms with van der Waals surface area (Å²) in [5.41, 5.74) is 5.23. The second-order valence-corrected chi connectivity index (χ2v) is 8.38. The molecule has 0 radical (unpaired) electrons. The van der Waals surface area contributed by atoms with Crippen molar-refractivity contribution in [2.24, 2.45) is 11.1 Å². The molecule has 0 bridgehead atoms. The summed E-state index contributed by atoms with van der Waals surface area (Å²) in [4.78, 5) is 39.4. The van der Waals surface area contributed by atoms with E-state index in [4.69, 9.17) is 30.5 Å². The van der Waals surface area contributed by atoms with E-state index in [2.05, 4.69) is 4.98 Å². The Morgan fingerprint density at radius 1 is 1.21 bits per heavy atom. The summed E-state index contributed by atoms with van der Waals surface area (Å²) in [5.74, 6) is -3.32. The summed E-state index contributed by atoms with van der Waals surface area (Å²) in [7, 11) is 3.14. The Bertz CT molecular complexity index is 1040. The Morgan fingerprint density at radius 3 is 2.18 bits per heavy atom. The number of amidine groups is 1. The third-order valence-electron chi connectivity index (χ3n) is 4.01. The van der Waals surface area contributed by atoms with Crippen molar-refractivity contribution in [3.05, 3.63) is 40.9 Å². The van der Waals surface area contributed by atoms with E-state index in [1.54, 1.807) is 50.1 Å². The molecule has 0 spiro atoms. The monoisotopic (exact) mass is 504 g/mol. The molecule has 10 nitrogen and oxygen atoms in total. The molecular weight excluding hydrogens is 481 g/mol. The number of alkyl halides is 3. The van der Waals surface area contributed by atoms with Gasteiger partial charge in [-0.15, -0.1) is 0 Å². The first-order valence-corrected chi connectivity index (χ1v) is 10.1. The number of thiazole rings is 1. The number of nitrogens with two attached hydrogens (primary N) is 1. The van der Waals surface area contributed by atoms with Crippen LogP contribution in [0.4, 0.5) is 18.3 Å². The molecule has 2 aromatic rings. The van der Waals surface area contributed by atoms with Gasteiger partial charge in [0.25, 0.3) is 0 Å². The summed E-state index contributed by atoms with van der Waals surface area (Å²) in [6.45, 7) is 3.94. The molecule has 0 amide bonds. The van der Waals surface area contributed by atoms with E-state index < -0.39 is 23.5 Å². The summed E-state index contributed by atoms with van der Waals surface area (Å²) < 4.78 is 41.9. The van der Waals surface area contributed by atoms with E-state index in [9.17, 15) is 22.8 Å². The lowest BCUT2D eigenvalue weighted by Gasteiger charge is -2.27. The smallest absolute Gasteiger partial charge is 0.475 e. The van der Waals surface area contributed by atoms with Gasteiger partial charge in [0.15, 0.2) is 5.13 Å². The van der Waals surface area contributed by atoms with Crippen LogP contribution in [0.5, 0.6) is 5.75 Å².